The lowest BCUT2D eigenvalue weighted by Crippen LogP contribution is -2.73. The highest BCUT2D eigenvalue weighted by atomic mass is 19.4. The Morgan fingerprint density at radius 3 is 2.62 bits per heavy atom. The number of benzene rings is 1. The zero-order valence-corrected chi connectivity index (χ0v) is 24.0. The van der Waals surface area contributed by atoms with Crippen LogP contribution in [0.15, 0.2) is 30.9 Å². The van der Waals surface area contributed by atoms with Crippen molar-refractivity contribution in [3.05, 3.63) is 58.8 Å². The van der Waals surface area contributed by atoms with Gasteiger partial charge < -0.3 is 24.3 Å². The van der Waals surface area contributed by atoms with E-state index in [1.807, 2.05) is 0 Å². The molecule has 222 valence electrons. The number of hydrogen-bond donors (Lipinski definition) is 0. The van der Waals surface area contributed by atoms with Crippen molar-refractivity contribution in [3.63, 3.8) is 0 Å². The molecular formula is C31H35F3N6O2. The number of rotatable bonds is 6. The van der Waals surface area contributed by atoms with Crippen LogP contribution in [0.25, 0.3) is 0 Å². The summed E-state index contributed by atoms with van der Waals surface area (Å²) >= 11 is 0. The van der Waals surface area contributed by atoms with E-state index in [9.17, 15) is 23.2 Å². The molecule has 0 N–H and O–H groups in total. The second-order valence-corrected chi connectivity index (χ2v) is 12.2. The Morgan fingerprint density at radius 1 is 1.21 bits per heavy atom. The van der Waals surface area contributed by atoms with Crippen LogP contribution < -0.4 is 14.5 Å². The molecule has 1 spiro atoms. The van der Waals surface area contributed by atoms with Gasteiger partial charge in [-0.2, -0.15) is 18.4 Å². The number of aromatic nitrogens is 1. The van der Waals surface area contributed by atoms with Gasteiger partial charge in [-0.05, 0) is 57.5 Å². The minimum Gasteiger partial charge on any atom is -0.475 e. The second-order valence-electron chi connectivity index (χ2n) is 12.2. The first-order chi connectivity index (χ1) is 20.0. The first-order valence-corrected chi connectivity index (χ1v) is 14.4. The molecule has 8 nitrogen and oxygen atoms in total. The van der Waals surface area contributed by atoms with Crippen LogP contribution in [0.5, 0.6) is 5.88 Å². The normalized spacial score (nSPS) is 21.4. The number of ether oxygens (including phenoxy) is 1. The van der Waals surface area contributed by atoms with Crippen molar-refractivity contribution in [3.8, 4) is 11.9 Å². The van der Waals surface area contributed by atoms with Gasteiger partial charge in [-0.3, -0.25) is 4.79 Å². The van der Waals surface area contributed by atoms with Gasteiger partial charge in [0, 0.05) is 49.7 Å². The number of nitriles is 1. The molecule has 4 aliphatic heterocycles. The number of anilines is 2. The Bertz CT molecular complexity index is 1450. The lowest BCUT2D eigenvalue weighted by molar-refractivity contribution is -0.139. The molecule has 1 aromatic carbocycles. The molecule has 3 saturated heterocycles. The van der Waals surface area contributed by atoms with E-state index in [0.29, 0.717) is 62.6 Å². The summed E-state index contributed by atoms with van der Waals surface area (Å²) in [5.74, 6) is 0.160. The zero-order chi connectivity index (χ0) is 29.8. The van der Waals surface area contributed by atoms with E-state index in [1.165, 1.54) is 12.1 Å². The molecule has 0 aliphatic carbocycles. The average molecular weight is 581 g/mol. The number of aryl methyl sites for hydroxylation is 1. The summed E-state index contributed by atoms with van der Waals surface area (Å²) < 4.78 is 48.3. The van der Waals surface area contributed by atoms with Crippen LogP contribution in [-0.2, 0) is 23.9 Å². The lowest BCUT2D eigenvalue weighted by Gasteiger charge is -2.61. The molecule has 11 heteroatoms. The summed E-state index contributed by atoms with van der Waals surface area (Å²) in [4.78, 5) is 24.7. The summed E-state index contributed by atoms with van der Waals surface area (Å²) in [6.45, 7) is 9.84. The van der Waals surface area contributed by atoms with Crippen molar-refractivity contribution in [1.29, 1.82) is 5.26 Å². The summed E-state index contributed by atoms with van der Waals surface area (Å²) in [5, 5.41) is 10.3. The summed E-state index contributed by atoms with van der Waals surface area (Å²) in [6, 6.07) is 6.82. The lowest BCUT2D eigenvalue weighted by atomic mass is 9.72. The number of para-hydroxylation sites is 1. The highest BCUT2D eigenvalue weighted by molar-refractivity contribution is 5.88. The number of carbonyl (C=O) groups is 1. The molecular weight excluding hydrogens is 545 g/mol. The molecule has 0 bridgehead atoms. The van der Waals surface area contributed by atoms with Crippen LogP contribution in [0, 0.1) is 23.7 Å². The van der Waals surface area contributed by atoms with Crippen LogP contribution in [0.4, 0.5) is 24.5 Å². The van der Waals surface area contributed by atoms with Crippen molar-refractivity contribution in [2.75, 3.05) is 62.7 Å². The monoisotopic (exact) mass is 580 g/mol. The Hall–Kier alpha value is -3.78. The van der Waals surface area contributed by atoms with Gasteiger partial charge >= 0.3 is 6.18 Å². The van der Waals surface area contributed by atoms with E-state index < -0.39 is 11.7 Å². The van der Waals surface area contributed by atoms with Gasteiger partial charge in [0.15, 0.2) is 0 Å². The molecule has 0 radical (unpaired) electrons. The molecule has 1 aromatic heterocycles. The van der Waals surface area contributed by atoms with Gasteiger partial charge in [0.2, 0.25) is 11.8 Å². The number of fused-ring (bicyclic) bond motifs is 1. The minimum absolute atomic E-state index is 0.0292. The molecule has 1 amide bonds. The molecule has 5 heterocycles. The first-order valence-electron chi connectivity index (χ1n) is 14.4. The number of alkyl halides is 3. The van der Waals surface area contributed by atoms with Crippen LogP contribution >= 0.6 is 0 Å². The maximum atomic E-state index is 14.0. The smallest absolute Gasteiger partial charge is 0.418 e. The van der Waals surface area contributed by atoms with Gasteiger partial charge in [0.1, 0.15) is 18.2 Å². The summed E-state index contributed by atoms with van der Waals surface area (Å²) in [7, 11) is 2.05. The first kappa shape index (κ1) is 28.3. The van der Waals surface area contributed by atoms with Gasteiger partial charge in [0.25, 0.3) is 0 Å². The van der Waals surface area contributed by atoms with Crippen molar-refractivity contribution < 1.29 is 22.7 Å². The van der Waals surface area contributed by atoms with E-state index in [2.05, 4.69) is 29.5 Å². The van der Waals surface area contributed by atoms with E-state index >= 15 is 0 Å². The fourth-order valence-electron chi connectivity index (χ4n) is 7.12. The maximum absolute atomic E-state index is 14.0. The van der Waals surface area contributed by atoms with Gasteiger partial charge in [-0.1, -0.05) is 18.7 Å². The number of pyridine rings is 1. The number of hydrogen-bond acceptors (Lipinski definition) is 7. The van der Waals surface area contributed by atoms with E-state index in [4.69, 9.17) is 9.72 Å². The molecule has 0 saturated carbocycles. The van der Waals surface area contributed by atoms with Crippen molar-refractivity contribution in [2.24, 2.45) is 5.41 Å². The summed E-state index contributed by atoms with van der Waals surface area (Å²) in [6.07, 6.45) is -0.638. The molecule has 6 rings (SSSR count). The van der Waals surface area contributed by atoms with Crippen molar-refractivity contribution in [1.82, 2.24) is 14.8 Å². The maximum Gasteiger partial charge on any atom is 0.418 e. The Labute approximate surface area is 243 Å². The van der Waals surface area contributed by atoms with Crippen molar-refractivity contribution >= 4 is 17.3 Å². The topological polar surface area (TPSA) is 75.9 Å². The molecule has 0 unspecified atom stereocenters. The highest BCUT2D eigenvalue weighted by Crippen LogP contribution is 2.47. The third kappa shape index (κ3) is 4.85. The number of nitrogens with zero attached hydrogens (tertiary/aromatic N) is 6. The fourth-order valence-corrected chi connectivity index (χ4v) is 7.12. The van der Waals surface area contributed by atoms with Gasteiger partial charge in [0.05, 0.1) is 29.2 Å². The van der Waals surface area contributed by atoms with Crippen LogP contribution in [0.3, 0.4) is 0 Å². The zero-order valence-electron chi connectivity index (χ0n) is 24.0. The predicted molar refractivity (Wildman–Crippen MR) is 152 cm³/mol. The van der Waals surface area contributed by atoms with E-state index in [0.717, 1.165) is 36.7 Å². The SMILES string of the molecule is C=CC(=O)N1CC2(C1)CN(c1c(C#N)c(OC[C@@H]3CCCN3C)nc3c1CCN(c1c(C)cccc1C(F)(F)F)C3)C2. The minimum atomic E-state index is -4.48. The number of amides is 1. The Balaban J connectivity index is 1.34. The van der Waals surface area contributed by atoms with Gasteiger partial charge in [-0.15, -0.1) is 0 Å². The Kier molecular flexibility index (Phi) is 7.08. The standard InChI is InChI=1S/C31H35F3N6O2/c1-4-26(41)39-16-30(17-39)18-40(19-30)28-22-10-12-38(27-20(2)7-5-9-24(27)31(32,33)34)14-25(22)36-29(23(28)13-35)42-15-21-8-6-11-37(21)3/h4-5,7,9,21H,1,6,8,10-12,14-19H2,2-3H3/t21-/m0/s1. The quantitative estimate of drug-likeness (QED) is 0.476. The van der Waals surface area contributed by atoms with Crippen LogP contribution in [-0.4, -0.2) is 79.7 Å². The fraction of sp³-hybridized carbons (Fsp3) is 0.516. The number of halogens is 3. The molecule has 2 aromatic rings. The molecule has 1 atom stereocenters. The van der Waals surface area contributed by atoms with Gasteiger partial charge in [-0.25, -0.2) is 4.98 Å². The third-order valence-electron chi connectivity index (χ3n) is 9.26. The largest absolute Gasteiger partial charge is 0.475 e. The van der Waals surface area contributed by atoms with Crippen molar-refractivity contribution in [2.45, 2.75) is 44.9 Å². The van der Waals surface area contributed by atoms with Crippen LogP contribution in [0.2, 0.25) is 0 Å². The highest BCUT2D eigenvalue weighted by Gasteiger charge is 2.54. The van der Waals surface area contributed by atoms with E-state index in [1.54, 1.807) is 22.8 Å². The molecule has 42 heavy (non-hydrogen) atoms. The second kappa shape index (κ2) is 10.5. The average Bonchev–Trinajstić information content (AvgIpc) is 3.33. The molecule has 3 fully saturated rings. The third-order valence-corrected chi connectivity index (χ3v) is 9.26. The van der Waals surface area contributed by atoms with Crippen LogP contribution in [0.1, 0.15) is 40.8 Å². The molecule has 4 aliphatic rings. The number of likely N-dealkylation sites (tertiary alicyclic amines) is 2. The Morgan fingerprint density at radius 2 is 1.98 bits per heavy atom. The number of carbonyl (C=O) groups excluding carboxylic acids is 1. The number of likely N-dealkylation sites (N-methyl/N-ethyl adjacent to an activating group) is 1. The summed E-state index contributed by atoms with van der Waals surface area (Å²) in [5.41, 5.74) is 2.72. The van der Waals surface area contributed by atoms with E-state index in [-0.39, 0.29) is 35.5 Å². The predicted octanol–water partition coefficient (Wildman–Crippen LogP) is 4.15.